The number of amides is 1. The molecule has 1 unspecified atom stereocenters. The number of carbonyl (C=O) groups is 3. The first-order valence-electron chi connectivity index (χ1n) is 13.1. The third kappa shape index (κ3) is 2.83. The molecule has 4 atom stereocenters. The van der Waals surface area contributed by atoms with Gasteiger partial charge in [-0.25, -0.2) is 0 Å². The average Bonchev–Trinajstić information content (AvgIpc) is 3.44. The first-order chi connectivity index (χ1) is 17.9. The summed E-state index contributed by atoms with van der Waals surface area (Å²) < 4.78 is 6.26. The van der Waals surface area contributed by atoms with Crippen molar-refractivity contribution in [3.8, 4) is 5.75 Å². The number of nitrogens with zero attached hydrogens (tertiary/aromatic N) is 2. The van der Waals surface area contributed by atoms with E-state index in [0.717, 1.165) is 49.2 Å². The Morgan fingerprint density at radius 3 is 2.92 bits per heavy atom. The Balaban J connectivity index is 1.32. The van der Waals surface area contributed by atoms with Gasteiger partial charge in [0.2, 0.25) is 5.78 Å². The normalized spacial score (nSPS) is 31.9. The summed E-state index contributed by atoms with van der Waals surface area (Å²) in [7, 11) is 1.72. The molecule has 2 aromatic carbocycles. The Bertz CT molecular complexity index is 1460. The van der Waals surface area contributed by atoms with Crippen molar-refractivity contribution in [2.24, 2.45) is 5.92 Å². The molecule has 2 fully saturated rings. The van der Waals surface area contributed by atoms with Gasteiger partial charge < -0.3 is 19.4 Å². The molecule has 0 saturated carbocycles. The van der Waals surface area contributed by atoms with E-state index in [1.165, 1.54) is 11.1 Å². The number of nitrogens with one attached hydrogen (secondary N) is 1. The molecule has 2 bridgehead atoms. The van der Waals surface area contributed by atoms with Crippen LogP contribution in [0.2, 0.25) is 0 Å². The molecule has 2 aromatic rings. The molecule has 1 aliphatic carbocycles. The first kappa shape index (κ1) is 22.5. The number of carbonyl (C=O) groups excluding carboxylic acids is 3. The predicted octanol–water partition coefficient (Wildman–Crippen LogP) is 3.61. The maximum atomic E-state index is 13.9. The fourth-order valence-electron chi connectivity index (χ4n) is 7.95. The van der Waals surface area contributed by atoms with E-state index in [4.69, 9.17) is 4.74 Å². The van der Waals surface area contributed by atoms with Crippen molar-refractivity contribution in [2.45, 2.75) is 31.2 Å². The lowest BCUT2D eigenvalue weighted by molar-refractivity contribution is -0.934. The van der Waals surface area contributed by atoms with Crippen LogP contribution in [0.25, 0.3) is 0 Å². The molecule has 0 aromatic heterocycles. The van der Waals surface area contributed by atoms with Crippen molar-refractivity contribution in [2.75, 3.05) is 43.5 Å². The molecule has 37 heavy (non-hydrogen) atoms. The number of fused-ring (bicyclic) bond motifs is 3. The number of aldehydes is 1. The number of likely N-dealkylation sites (N-methyl/N-ethyl adjacent to an activating group) is 1. The molecular weight excluding hydrogens is 466 g/mol. The minimum atomic E-state index is -0.265. The van der Waals surface area contributed by atoms with Gasteiger partial charge in [0.25, 0.3) is 5.91 Å². The highest BCUT2D eigenvalue weighted by molar-refractivity contribution is 6.02. The number of piperidine rings is 1. The highest BCUT2D eigenvalue weighted by atomic mass is 16.5. The molecule has 7 nitrogen and oxygen atoms in total. The van der Waals surface area contributed by atoms with Crippen LogP contribution in [0.5, 0.6) is 5.75 Å². The van der Waals surface area contributed by atoms with Crippen LogP contribution in [0.3, 0.4) is 0 Å². The van der Waals surface area contributed by atoms with Crippen LogP contribution in [-0.2, 0) is 15.0 Å². The number of para-hydroxylation sites is 1. The van der Waals surface area contributed by atoms with Crippen molar-refractivity contribution >= 4 is 29.4 Å². The van der Waals surface area contributed by atoms with Gasteiger partial charge in [0.1, 0.15) is 31.2 Å². The van der Waals surface area contributed by atoms with E-state index in [-0.39, 0.29) is 35.7 Å². The molecule has 1 spiro atoms. The van der Waals surface area contributed by atoms with Crippen molar-refractivity contribution in [1.82, 2.24) is 0 Å². The smallest absolute Gasteiger partial charge is 0.264 e. The van der Waals surface area contributed by atoms with Crippen LogP contribution in [0.15, 0.2) is 65.4 Å². The lowest BCUT2D eigenvalue weighted by Crippen LogP contribution is -2.64. The molecular formula is C30H30N3O4+. The van der Waals surface area contributed by atoms with Crippen LogP contribution in [-0.4, -0.2) is 61.8 Å². The van der Waals surface area contributed by atoms with Gasteiger partial charge in [-0.2, -0.15) is 0 Å². The number of allylic oxidation sites excluding steroid dienone is 2. The molecule has 7 heteroatoms. The minimum Gasteiger partial charge on any atom is -0.482 e. The van der Waals surface area contributed by atoms with Crippen LogP contribution in [0.4, 0.5) is 11.4 Å². The molecule has 188 valence electrons. The van der Waals surface area contributed by atoms with Crippen molar-refractivity contribution in [3.05, 3.63) is 76.5 Å². The molecule has 4 aliphatic heterocycles. The molecule has 2 saturated heterocycles. The summed E-state index contributed by atoms with van der Waals surface area (Å²) in [4.78, 5) is 40.1. The lowest BCUT2D eigenvalue weighted by Gasteiger charge is -2.53. The predicted molar refractivity (Wildman–Crippen MR) is 140 cm³/mol. The summed E-state index contributed by atoms with van der Waals surface area (Å²) in [6.07, 6.45) is 4.99. The van der Waals surface area contributed by atoms with Gasteiger partial charge in [0, 0.05) is 48.3 Å². The number of hydrogen-bond donors (Lipinski definition) is 1. The largest absolute Gasteiger partial charge is 0.482 e. The summed E-state index contributed by atoms with van der Waals surface area (Å²) in [6.45, 7) is 4.10. The second-order valence-electron chi connectivity index (χ2n) is 11.1. The monoisotopic (exact) mass is 496 g/mol. The summed E-state index contributed by atoms with van der Waals surface area (Å²) in [5.41, 5.74) is 6.51. The molecule has 7 rings (SSSR count). The van der Waals surface area contributed by atoms with E-state index >= 15 is 0 Å². The quantitative estimate of drug-likeness (QED) is 0.303. The topological polar surface area (TPSA) is 75.7 Å². The van der Waals surface area contributed by atoms with E-state index in [2.05, 4.69) is 29.6 Å². The van der Waals surface area contributed by atoms with Crippen molar-refractivity contribution in [3.63, 3.8) is 0 Å². The van der Waals surface area contributed by atoms with Crippen LogP contribution in [0.1, 0.15) is 35.7 Å². The zero-order chi connectivity index (χ0) is 25.5. The van der Waals surface area contributed by atoms with Gasteiger partial charge >= 0.3 is 0 Å². The molecule has 1 amide bonds. The van der Waals surface area contributed by atoms with Gasteiger partial charge in [-0.3, -0.25) is 14.4 Å². The first-order valence-corrected chi connectivity index (χ1v) is 13.1. The number of hydrogen-bond acceptors (Lipinski definition) is 5. The highest BCUT2D eigenvalue weighted by Crippen LogP contribution is 2.63. The summed E-state index contributed by atoms with van der Waals surface area (Å²) in [5.74, 6) is 0.670. The number of ketones is 1. The van der Waals surface area contributed by atoms with Crippen molar-refractivity contribution < 1.29 is 23.6 Å². The van der Waals surface area contributed by atoms with E-state index in [1.807, 2.05) is 19.1 Å². The zero-order valence-corrected chi connectivity index (χ0v) is 21.1. The van der Waals surface area contributed by atoms with Gasteiger partial charge in [0.05, 0.1) is 17.6 Å². The number of anilines is 2. The molecule has 5 aliphatic rings. The highest BCUT2D eigenvalue weighted by Gasteiger charge is 2.68. The van der Waals surface area contributed by atoms with Gasteiger partial charge in [0.15, 0.2) is 6.61 Å². The van der Waals surface area contributed by atoms with Gasteiger partial charge in [-0.05, 0) is 42.3 Å². The zero-order valence-electron chi connectivity index (χ0n) is 21.1. The van der Waals surface area contributed by atoms with E-state index < -0.39 is 0 Å². The van der Waals surface area contributed by atoms with Gasteiger partial charge in [-0.15, -0.1) is 0 Å². The Morgan fingerprint density at radius 1 is 1.27 bits per heavy atom. The second-order valence-corrected chi connectivity index (χ2v) is 11.1. The molecule has 0 radical (unpaired) electrons. The number of Topliss-reactive ketones (excluding diaryl/α,β-unsaturated/α-hetero) is 1. The van der Waals surface area contributed by atoms with Crippen molar-refractivity contribution in [1.29, 1.82) is 0 Å². The Kier molecular flexibility index (Phi) is 4.65. The third-order valence-corrected chi connectivity index (χ3v) is 9.69. The van der Waals surface area contributed by atoms with E-state index in [1.54, 1.807) is 24.1 Å². The third-order valence-electron chi connectivity index (χ3n) is 9.69. The SMILES string of the molecule is C/C=C1/C[N+]2(CC(=O)c3ccc4c(c3)N(C)C(=O)CO4)CC[C@]34C(=C(C=O)[C@H]1C[C@H]32)Nc1ccccc14. The number of quaternary nitrogens is 1. The van der Waals surface area contributed by atoms with Crippen LogP contribution in [0, 0.1) is 5.92 Å². The van der Waals surface area contributed by atoms with Crippen LogP contribution >= 0.6 is 0 Å². The Labute approximate surface area is 216 Å². The van der Waals surface area contributed by atoms with E-state index in [9.17, 15) is 14.4 Å². The fourth-order valence-corrected chi connectivity index (χ4v) is 7.95. The lowest BCUT2D eigenvalue weighted by atomic mass is 9.61. The maximum absolute atomic E-state index is 13.9. The van der Waals surface area contributed by atoms with E-state index in [0.29, 0.717) is 28.0 Å². The molecule has 4 heterocycles. The summed E-state index contributed by atoms with van der Waals surface area (Å²) in [5, 5.41) is 3.65. The second kappa shape index (κ2) is 7.65. The molecule has 1 N–H and O–H groups in total. The van der Waals surface area contributed by atoms with Gasteiger partial charge in [-0.1, -0.05) is 24.3 Å². The average molecular weight is 497 g/mol. The summed E-state index contributed by atoms with van der Waals surface area (Å²) >= 11 is 0. The Hall–Kier alpha value is -3.71. The number of benzene rings is 2. The number of ether oxygens (including phenoxy) is 1. The summed E-state index contributed by atoms with van der Waals surface area (Å²) in [6, 6.07) is 14.0. The Morgan fingerprint density at radius 2 is 2.11 bits per heavy atom. The number of rotatable bonds is 4. The maximum Gasteiger partial charge on any atom is 0.264 e. The van der Waals surface area contributed by atoms with Crippen LogP contribution < -0.4 is 15.0 Å². The fraction of sp³-hybridized carbons (Fsp3) is 0.367. The minimum absolute atomic E-state index is 0.0159. The standard InChI is InChI=1S/C30H29N3O4/c1-3-18-14-33(15-25(35)19-8-9-26-24(12-19)32(2)28(36)17-37-26)11-10-30-22-6-4-5-7-23(22)31-29(30)21(16-34)20(18)13-27(30)33/h3-9,12,16,20,27H,10-11,13-15,17H2,1-2H3/p+1/b18-3-/t20-,27+,30+,33?/m0/s1.